The van der Waals surface area contributed by atoms with Gasteiger partial charge in [-0.15, -0.1) is 0 Å². The summed E-state index contributed by atoms with van der Waals surface area (Å²) in [4.78, 5) is 0. The first-order valence-electron chi connectivity index (χ1n) is 6.37. The topological polar surface area (TPSA) is 21.3 Å². The number of hydrogen-bond donors (Lipinski definition) is 1. The lowest BCUT2D eigenvalue weighted by molar-refractivity contribution is 0.385. The van der Waals surface area contributed by atoms with Gasteiger partial charge in [-0.1, -0.05) is 12.1 Å². The predicted octanol–water partition coefficient (Wildman–Crippen LogP) is 5.08. The van der Waals surface area contributed by atoms with Crippen molar-refractivity contribution in [1.82, 2.24) is 0 Å². The fourth-order valence-corrected chi connectivity index (χ4v) is 2.37. The average Bonchev–Trinajstić information content (AvgIpc) is 2.43. The Balaban J connectivity index is 2.23. The molecule has 4 heteroatoms. The lowest BCUT2D eigenvalue weighted by Gasteiger charge is -2.18. The van der Waals surface area contributed by atoms with E-state index >= 15 is 0 Å². The molecule has 2 aromatic carbocycles. The van der Waals surface area contributed by atoms with Crippen LogP contribution in [0.4, 0.5) is 10.1 Å². The number of ether oxygens (including phenoxy) is 1. The highest BCUT2D eigenvalue weighted by Gasteiger charge is 2.11. The second-order valence-electron chi connectivity index (χ2n) is 4.74. The van der Waals surface area contributed by atoms with Crippen molar-refractivity contribution in [2.45, 2.75) is 19.9 Å². The Morgan fingerprint density at radius 1 is 1.20 bits per heavy atom. The average molecular weight is 338 g/mol. The van der Waals surface area contributed by atoms with Crippen molar-refractivity contribution in [2.75, 3.05) is 12.4 Å². The van der Waals surface area contributed by atoms with Crippen LogP contribution in [0.2, 0.25) is 0 Å². The van der Waals surface area contributed by atoms with E-state index in [-0.39, 0.29) is 17.6 Å². The third kappa shape index (κ3) is 3.31. The maximum Gasteiger partial charge on any atom is 0.165 e. The highest BCUT2D eigenvalue weighted by atomic mass is 79.9. The lowest BCUT2D eigenvalue weighted by Crippen LogP contribution is -2.07. The first kappa shape index (κ1) is 14.9. The number of benzene rings is 2. The molecule has 106 valence electrons. The summed E-state index contributed by atoms with van der Waals surface area (Å²) in [6.45, 7) is 4.07. The molecule has 0 bridgehead atoms. The van der Waals surface area contributed by atoms with Gasteiger partial charge in [-0.2, -0.15) is 0 Å². The number of hydrogen-bond acceptors (Lipinski definition) is 2. The Bertz CT molecular complexity index is 615. The fraction of sp³-hybridized carbons (Fsp3) is 0.250. The zero-order valence-corrected chi connectivity index (χ0v) is 13.3. The molecule has 0 spiro atoms. The largest absolute Gasteiger partial charge is 0.494 e. The molecule has 0 heterocycles. The fourth-order valence-electron chi connectivity index (χ4n) is 2.01. The van der Waals surface area contributed by atoms with Crippen LogP contribution in [-0.4, -0.2) is 7.11 Å². The Morgan fingerprint density at radius 3 is 2.65 bits per heavy atom. The number of methoxy groups -OCH3 is 1. The summed E-state index contributed by atoms with van der Waals surface area (Å²) in [5, 5.41) is 3.41. The van der Waals surface area contributed by atoms with Gasteiger partial charge >= 0.3 is 0 Å². The summed E-state index contributed by atoms with van der Waals surface area (Å²) >= 11 is 3.52. The minimum absolute atomic E-state index is 0.0441. The molecule has 2 aromatic rings. The highest BCUT2D eigenvalue weighted by molar-refractivity contribution is 9.10. The monoisotopic (exact) mass is 337 g/mol. The van der Waals surface area contributed by atoms with Crippen LogP contribution in [0.25, 0.3) is 0 Å². The summed E-state index contributed by atoms with van der Waals surface area (Å²) in [7, 11) is 1.47. The molecule has 0 aromatic heterocycles. The summed E-state index contributed by atoms with van der Waals surface area (Å²) < 4.78 is 19.4. The van der Waals surface area contributed by atoms with Gasteiger partial charge in [0.2, 0.25) is 0 Å². The highest BCUT2D eigenvalue weighted by Crippen LogP contribution is 2.29. The molecule has 2 nitrogen and oxygen atoms in total. The SMILES string of the molecule is COc1cc(C(C)Nc2cc(C)ccc2Br)ccc1F. The second kappa shape index (κ2) is 6.27. The van der Waals surface area contributed by atoms with Crippen LogP contribution in [0.5, 0.6) is 5.75 Å². The van der Waals surface area contributed by atoms with Crippen molar-refractivity contribution in [3.8, 4) is 5.75 Å². The normalized spacial score (nSPS) is 12.1. The third-order valence-corrected chi connectivity index (χ3v) is 3.86. The van der Waals surface area contributed by atoms with E-state index in [0.29, 0.717) is 0 Å². The van der Waals surface area contributed by atoms with Crippen LogP contribution in [0.15, 0.2) is 40.9 Å². The van der Waals surface area contributed by atoms with Gasteiger partial charge in [0.25, 0.3) is 0 Å². The molecule has 0 saturated heterocycles. The molecular formula is C16H17BrFNO. The van der Waals surface area contributed by atoms with E-state index in [1.165, 1.54) is 18.7 Å². The van der Waals surface area contributed by atoms with E-state index in [1.807, 2.05) is 26.0 Å². The zero-order valence-electron chi connectivity index (χ0n) is 11.7. The molecule has 20 heavy (non-hydrogen) atoms. The van der Waals surface area contributed by atoms with Gasteiger partial charge in [0, 0.05) is 16.2 Å². The summed E-state index contributed by atoms with van der Waals surface area (Å²) in [5.74, 6) is -0.0837. The smallest absolute Gasteiger partial charge is 0.165 e. The first-order valence-corrected chi connectivity index (χ1v) is 7.16. The maximum atomic E-state index is 13.4. The van der Waals surface area contributed by atoms with Crippen LogP contribution < -0.4 is 10.1 Å². The molecule has 0 aliphatic rings. The Hall–Kier alpha value is -1.55. The summed E-state index contributed by atoms with van der Waals surface area (Å²) in [6, 6.07) is 11.1. The van der Waals surface area contributed by atoms with Gasteiger partial charge in [-0.25, -0.2) is 4.39 Å². The van der Waals surface area contributed by atoms with E-state index in [1.54, 1.807) is 12.1 Å². The minimum atomic E-state index is -0.347. The number of nitrogens with one attached hydrogen (secondary N) is 1. The molecule has 2 rings (SSSR count). The van der Waals surface area contributed by atoms with Crippen molar-refractivity contribution in [2.24, 2.45) is 0 Å². The summed E-state index contributed by atoms with van der Waals surface area (Å²) in [5.41, 5.74) is 3.16. The van der Waals surface area contributed by atoms with Gasteiger partial charge in [-0.3, -0.25) is 0 Å². The van der Waals surface area contributed by atoms with Crippen LogP contribution in [0.1, 0.15) is 24.1 Å². The molecule has 1 unspecified atom stereocenters. The van der Waals surface area contributed by atoms with E-state index in [9.17, 15) is 4.39 Å². The van der Waals surface area contributed by atoms with Crippen LogP contribution in [0.3, 0.4) is 0 Å². The van der Waals surface area contributed by atoms with Crippen molar-refractivity contribution < 1.29 is 9.13 Å². The molecular weight excluding hydrogens is 321 g/mol. The minimum Gasteiger partial charge on any atom is -0.494 e. The quantitative estimate of drug-likeness (QED) is 0.840. The molecule has 0 fully saturated rings. The molecule has 1 atom stereocenters. The Kier molecular flexibility index (Phi) is 4.65. The number of anilines is 1. The predicted molar refractivity (Wildman–Crippen MR) is 83.9 cm³/mol. The first-order chi connectivity index (χ1) is 9.51. The van der Waals surface area contributed by atoms with Crippen molar-refractivity contribution in [1.29, 1.82) is 0 Å². The van der Waals surface area contributed by atoms with Gasteiger partial charge in [-0.05, 0) is 65.2 Å². The van der Waals surface area contributed by atoms with Crippen LogP contribution >= 0.6 is 15.9 Å². The number of rotatable bonds is 4. The van der Waals surface area contributed by atoms with Crippen molar-refractivity contribution >= 4 is 21.6 Å². The van der Waals surface area contributed by atoms with Crippen molar-refractivity contribution in [3.63, 3.8) is 0 Å². The van der Waals surface area contributed by atoms with Crippen LogP contribution in [0, 0.1) is 12.7 Å². The Labute approximate surface area is 127 Å². The molecule has 0 aliphatic carbocycles. The molecule has 0 radical (unpaired) electrons. The van der Waals surface area contributed by atoms with Gasteiger partial charge < -0.3 is 10.1 Å². The van der Waals surface area contributed by atoms with E-state index < -0.39 is 0 Å². The molecule has 0 aliphatic heterocycles. The third-order valence-electron chi connectivity index (χ3n) is 3.17. The maximum absolute atomic E-state index is 13.4. The Morgan fingerprint density at radius 2 is 1.95 bits per heavy atom. The standard InChI is InChI=1S/C16H17BrFNO/c1-10-4-6-13(17)15(8-10)19-11(2)12-5-7-14(18)16(9-12)20-3/h4-9,11,19H,1-3H3. The van der Waals surface area contributed by atoms with E-state index in [4.69, 9.17) is 4.74 Å². The van der Waals surface area contributed by atoms with Gasteiger partial charge in [0.05, 0.1) is 7.11 Å². The number of aryl methyl sites for hydroxylation is 1. The lowest BCUT2D eigenvalue weighted by atomic mass is 10.1. The van der Waals surface area contributed by atoms with Crippen molar-refractivity contribution in [3.05, 3.63) is 57.8 Å². The van der Waals surface area contributed by atoms with Crippen LogP contribution in [-0.2, 0) is 0 Å². The molecule has 0 saturated carbocycles. The second-order valence-corrected chi connectivity index (χ2v) is 5.60. The zero-order chi connectivity index (χ0) is 14.7. The van der Waals surface area contributed by atoms with Gasteiger partial charge in [0.1, 0.15) is 0 Å². The summed E-state index contributed by atoms with van der Waals surface area (Å²) in [6.07, 6.45) is 0. The van der Waals surface area contributed by atoms with E-state index in [2.05, 4.69) is 27.3 Å². The molecule has 1 N–H and O–H groups in total. The number of halogens is 2. The van der Waals surface area contributed by atoms with Gasteiger partial charge in [0.15, 0.2) is 11.6 Å². The molecule has 0 amide bonds. The van der Waals surface area contributed by atoms with E-state index in [0.717, 1.165) is 15.7 Å².